The van der Waals surface area contributed by atoms with Gasteiger partial charge in [-0.1, -0.05) is 18.2 Å². The van der Waals surface area contributed by atoms with Gasteiger partial charge in [-0.05, 0) is 26.0 Å². The molecule has 1 aromatic rings. The van der Waals surface area contributed by atoms with E-state index in [1.54, 1.807) is 0 Å². The number of rotatable bonds is 2. The third-order valence-corrected chi connectivity index (χ3v) is 3.46. The second-order valence-electron chi connectivity index (χ2n) is 3.25. The Morgan fingerprint density at radius 1 is 1.07 bits per heavy atom. The van der Waals surface area contributed by atoms with Crippen LogP contribution in [-0.4, -0.2) is 12.2 Å². The fraction of sp³-hybridized carbons (Fsp3) is 0.400. The van der Waals surface area contributed by atoms with Crippen LogP contribution in [0.1, 0.15) is 13.8 Å². The van der Waals surface area contributed by atoms with Gasteiger partial charge in [-0.3, -0.25) is 9.05 Å². The number of hydrogen-bond acceptors (Lipinski definition) is 3. The number of para-hydroxylation sites is 1. The number of hydrogen-bond donors (Lipinski definition) is 0. The SMILES string of the molecule is CC1OP(Oc2ccccc2)OC1C. The Morgan fingerprint density at radius 3 is 2.21 bits per heavy atom. The van der Waals surface area contributed by atoms with Crippen molar-refractivity contribution in [3.05, 3.63) is 30.3 Å². The van der Waals surface area contributed by atoms with Gasteiger partial charge in [0.1, 0.15) is 5.75 Å². The zero-order valence-corrected chi connectivity index (χ0v) is 9.11. The van der Waals surface area contributed by atoms with Crippen LogP contribution in [0.15, 0.2) is 30.3 Å². The molecular formula is C10H13O3P. The Hall–Kier alpha value is -0.630. The Labute approximate surface area is 85.0 Å². The monoisotopic (exact) mass is 212 g/mol. The summed E-state index contributed by atoms with van der Waals surface area (Å²) in [5.41, 5.74) is 0. The first kappa shape index (κ1) is 9.91. The van der Waals surface area contributed by atoms with Crippen LogP contribution in [0.2, 0.25) is 0 Å². The van der Waals surface area contributed by atoms with E-state index in [4.69, 9.17) is 13.6 Å². The van der Waals surface area contributed by atoms with Crippen molar-refractivity contribution in [2.24, 2.45) is 0 Å². The molecule has 1 aliphatic rings. The molecule has 0 saturated carbocycles. The second-order valence-corrected chi connectivity index (χ2v) is 4.30. The van der Waals surface area contributed by atoms with Gasteiger partial charge in [0.15, 0.2) is 0 Å². The van der Waals surface area contributed by atoms with E-state index in [-0.39, 0.29) is 12.2 Å². The van der Waals surface area contributed by atoms with E-state index in [0.29, 0.717) is 0 Å². The quantitative estimate of drug-likeness (QED) is 0.705. The Balaban J connectivity index is 1.94. The van der Waals surface area contributed by atoms with Crippen molar-refractivity contribution in [1.29, 1.82) is 0 Å². The first-order chi connectivity index (χ1) is 6.75. The van der Waals surface area contributed by atoms with E-state index in [9.17, 15) is 0 Å². The Morgan fingerprint density at radius 2 is 1.64 bits per heavy atom. The minimum Gasteiger partial charge on any atom is -0.427 e. The summed E-state index contributed by atoms with van der Waals surface area (Å²) in [6, 6.07) is 9.58. The van der Waals surface area contributed by atoms with Crippen LogP contribution in [0.4, 0.5) is 0 Å². The van der Waals surface area contributed by atoms with Gasteiger partial charge in [-0.25, -0.2) is 0 Å². The van der Waals surface area contributed by atoms with Crippen molar-refractivity contribution >= 4 is 8.60 Å². The molecule has 1 aromatic carbocycles. The molecule has 2 atom stereocenters. The van der Waals surface area contributed by atoms with Gasteiger partial charge in [0.25, 0.3) is 0 Å². The molecule has 1 saturated heterocycles. The molecule has 0 aromatic heterocycles. The van der Waals surface area contributed by atoms with E-state index in [1.807, 2.05) is 44.2 Å². The minimum atomic E-state index is -1.20. The van der Waals surface area contributed by atoms with Gasteiger partial charge < -0.3 is 4.52 Å². The van der Waals surface area contributed by atoms with Gasteiger partial charge in [-0.2, -0.15) is 0 Å². The minimum absolute atomic E-state index is 0.116. The largest absolute Gasteiger partial charge is 0.427 e. The molecule has 2 unspecified atom stereocenters. The molecule has 3 nitrogen and oxygen atoms in total. The summed E-state index contributed by atoms with van der Waals surface area (Å²) in [5, 5.41) is 0. The maximum atomic E-state index is 5.54. The highest BCUT2D eigenvalue weighted by molar-refractivity contribution is 7.42. The molecule has 14 heavy (non-hydrogen) atoms. The summed E-state index contributed by atoms with van der Waals surface area (Å²) in [7, 11) is -1.20. The third kappa shape index (κ3) is 2.24. The molecule has 76 valence electrons. The topological polar surface area (TPSA) is 27.7 Å². The average Bonchev–Trinajstić information content (AvgIpc) is 2.47. The molecule has 0 N–H and O–H groups in total. The summed E-state index contributed by atoms with van der Waals surface area (Å²) >= 11 is 0. The Kier molecular flexibility index (Phi) is 3.02. The maximum Gasteiger partial charge on any atom is 0.397 e. The summed E-state index contributed by atoms with van der Waals surface area (Å²) < 4.78 is 16.5. The molecule has 0 aliphatic carbocycles. The van der Waals surface area contributed by atoms with Crippen LogP contribution in [0.25, 0.3) is 0 Å². The highest BCUT2D eigenvalue weighted by atomic mass is 31.2. The summed E-state index contributed by atoms with van der Waals surface area (Å²) in [6.07, 6.45) is 0.231. The predicted molar refractivity (Wildman–Crippen MR) is 55.1 cm³/mol. The lowest BCUT2D eigenvalue weighted by Gasteiger charge is -2.09. The van der Waals surface area contributed by atoms with Crippen LogP contribution in [-0.2, 0) is 9.05 Å². The predicted octanol–water partition coefficient (Wildman–Crippen LogP) is 3.12. The maximum absolute atomic E-state index is 5.54. The van der Waals surface area contributed by atoms with Crippen molar-refractivity contribution in [1.82, 2.24) is 0 Å². The smallest absolute Gasteiger partial charge is 0.397 e. The molecule has 0 amide bonds. The zero-order valence-electron chi connectivity index (χ0n) is 8.21. The number of benzene rings is 1. The highest BCUT2D eigenvalue weighted by Gasteiger charge is 2.33. The van der Waals surface area contributed by atoms with Crippen molar-refractivity contribution in [2.75, 3.05) is 0 Å². The van der Waals surface area contributed by atoms with E-state index >= 15 is 0 Å². The third-order valence-electron chi connectivity index (χ3n) is 2.09. The molecule has 1 heterocycles. The molecule has 1 fully saturated rings. The molecule has 4 heteroatoms. The van der Waals surface area contributed by atoms with E-state index in [0.717, 1.165) is 5.75 Å². The fourth-order valence-corrected chi connectivity index (χ4v) is 2.39. The normalized spacial score (nSPS) is 31.7. The van der Waals surface area contributed by atoms with Gasteiger partial charge in [0.05, 0.1) is 12.2 Å². The van der Waals surface area contributed by atoms with Gasteiger partial charge >= 0.3 is 8.60 Å². The van der Waals surface area contributed by atoms with Crippen molar-refractivity contribution in [3.63, 3.8) is 0 Å². The van der Waals surface area contributed by atoms with Crippen LogP contribution in [0.5, 0.6) is 5.75 Å². The Bertz CT molecular complexity index is 281. The second kappa shape index (κ2) is 4.26. The van der Waals surface area contributed by atoms with Crippen LogP contribution in [0, 0.1) is 0 Å². The summed E-state index contributed by atoms with van der Waals surface area (Å²) in [5.74, 6) is 0.792. The average molecular weight is 212 g/mol. The lowest BCUT2D eigenvalue weighted by Crippen LogP contribution is -2.13. The van der Waals surface area contributed by atoms with E-state index in [1.165, 1.54) is 0 Å². The van der Waals surface area contributed by atoms with Gasteiger partial charge in [0.2, 0.25) is 0 Å². The van der Waals surface area contributed by atoms with Crippen molar-refractivity contribution in [2.45, 2.75) is 26.1 Å². The fourth-order valence-electron chi connectivity index (χ4n) is 1.08. The van der Waals surface area contributed by atoms with Crippen LogP contribution in [0.3, 0.4) is 0 Å². The summed E-state index contributed by atoms with van der Waals surface area (Å²) in [4.78, 5) is 0. The first-order valence-electron chi connectivity index (χ1n) is 4.62. The standard InChI is InChI=1S/C10H13O3P/c1-8-9(2)12-14(11-8)13-10-6-4-3-5-7-10/h3-9H,1-2H3. The van der Waals surface area contributed by atoms with Gasteiger partial charge in [-0.15, -0.1) is 0 Å². The lowest BCUT2D eigenvalue weighted by atomic mass is 10.3. The highest BCUT2D eigenvalue weighted by Crippen LogP contribution is 2.49. The molecule has 2 rings (SSSR count). The molecule has 1 aliphatic heterocycles. The molecule has 0 spiro atoms. The van der Waals surface area contributed by atoms with Crippen LogP contribution < -0.4 is 4.52 Å². The zero-order chi connectivity index (χ0) is 9.97. The van der Waals surface area contributed by atoms with Crippen LogP contribution >= 0.6 is 8.60 Å². The molecule has 0 radical (unpaired) electrons. The summed E-state index contributed by atoms with van der Waals surface area (Å²) in [6.45, 7) is 3.97. The first-order valence-corrected chi connectivity index (χ1v) is 5.72. The van der Waals surface area contributed by atoms with E-state index < -0.39 is 8.60 Å². The van der Waals surface area contributed by atoms with Gasteiger partial charge in [0, 0.05) is 0 Å². The molecule has 0 bridgehead atoms. The lowest BCUT2D eigenvalue weighted by molar-refractivity contribution is 0.187. The van der Waals surface area contributed by atoms with Crippen molar-refractivity contribution in [3.8, 4) is 5.75 Å². The molecular weight excluding hydrogens is 199 g/mol. The van der Waals surface area contributed by atoms with Crippen molar-refractivity contribution < 1.29 is 13.6 Å². The van der Waals surface area contributed by atoms with E-state index in [2.05, 4.69) is 0 Å².